The summed E-state index contributed by atoms with van der Waals surface area (Å²) in [6.45, 7) is 1.75. The number of aliphatic hydroxyl groups excluding tert-OH is 1. The predicted octanol–water partition coefficient (Wildman–Crippen LogP) is 1.01. The lowest BCUT2D eigenvalue weighted by atomic mass is 10.1. The molecular formula is C14H19NO5S. The molecule has 1 heterocycles. The Balaban J connectivity index is 1.94. The van der Waals surface area contributed by atoms with Gasteiger partial charge in [0.2, 0.25) is 0 Å². The number of oxime groups is 1. The van der Waals surface area contributed by atoms with Crippen LogP contribution in [-0.4, -0.2) is 48.2 Å². The number of hydrogen-bond acceptors (Lipinski definition) is 6. The van der Waals surface area contributed by atoms with Crippen molar-refractivity contribution >= 4 is 15.5 Å². The third-order valence-electron chi connectivity index (χ3n) is 3.43. The molecule has 21 heavy (non-hydrogen) atoms. The Bertz CT molecular complexity index is 609. The summed E-state index contributed by atoms with van der Waals surface area (Å²) in [5.41, 5.74) is 1.72. The standard InChI is InChI=1S/C14H19NO5S/c1-10(15-17)2-3-11-4-6-12(7-5-11)20-14-9-21(18,19)8-13(14)16/h4-7,13-14,16-17H,2-3,8-9H2,1H3/b15-10+. The van der Waals surface area contributed by atoms with Crippen molar-refractivity contribution in [2.45, 2.75) is 32.0 Å². The molecule has 0 aliphatic carbocycles. The highest BCUT2D eigenvalue weighted by Gasteiger charge is 2.38. The number of ether oxygens (including phenoxy) is 1. The van der Waals surface area contributed by atoms with E-state index in [9.17, 15) is 13.5 Å². The SMILES string of the molecule is C/C(CCc1ccc(OC2CS(=O)(=O)CC2O)cc1)=N\O. The van der Waals surface area contributed by atoms with Crippen LogP contribution in [0.2, 0.25) is 0 Å². The fraction of sp³-hybridized carbons (Fsp3) is 0.500. The van der Waals surface area contributed by atoms with Gasteiger partial charge in [0.25, 0.3) is 0 Å². The molecule has 1 aliphatic heterocycles. The van der Waals surface area contributed by atoms with Gasteiger partial charge in [0.15, 0.2) is 9.84 Å². The molecule has 1 aromatic carbocycles. The molecule has 2 unspecified atom stereocenters. The van der Waals surface area contributed by atoms with Gasteiger partial charge in [0.1, 0.15) is 18.0 Å². The van der Waals surface area contributed by atoms with E-state index in [0.29, 0.717) is 17.9 Å². The number of hydrogen-bond donors (Lipinski definition) is 2. The van der Waals surface area contributed by atoms with E-state index >= 15 is 0 Å². The zero-order valence-corrected chi connectivity index (χ0v) is 12.6. The van der Waals surface area contributed by atoms with Crippen molar-refractivity contribution in [1.29, 1.82) is 0 Å². The van der Waals surface area contributed by atoms with Crippen LogP contribution in [0.1, 0.15) is 18.9 Å². The van der Waals surface area contributed by atoms with Crippen LogP contribution < -0.4 is 4.74 Å². The number of benzene rings is 1. The summed E-state index contributed by atoms with van der Waals surface area (Å²) in [5, 5.41) is 21.4. The van der Waals surface area contributed by atoms with Gasteiger partial charge < -0.3 is 15.1 Å². The number of aryl methyl sites for hydroxylation is 1. The van der Waals surface area contributed by atoms with Gasteiger partial charge in [-0.15, -0.1) is 0 Å². The van der Waals surface area contributed by atoms with Crippen LogP contribution in [0.15, 0.2) is 29.4 Å². The lowest BCUT2D eigenvalue weighted by Crippen LogP contribution is -2.29. The van der Waals surface area contributed by atoms with Gasteiger partial charge in [-0.1, -0.05) is 17.3 Å². The summed E-state index contributed by atoms with van der Waals surface area (Å²) in [6, 6.07) is 7.24. The largest absolute Gasteiger partial charge is 0.487 e. The Hall–Kier alpha value is -1.60. The summed E-state index contributed by atoms with van der Waals surface area (Å²) < 4.78 is 28.3. The molecule has 1 saturated heterocycles. The topological polar surface area (TPSA) is 96.2 Å². The normalized spacial score (nSPS) is 25.0. The quantitative estimate of drug-likeness (QED) is 0.480. The lowest BCUT2D eigenvalue weighted by molar-refractivity contribution is 0.0738. The van der Waals surface area contributed by atoms with Gasteiger partial charge in [-0.2, -0.15) is 0 Å². The van der Waals surface area contributed by atoms with Crippen LogP contribution >= 0.6 is 0 Å². The number of sulfone groups is 1. The Labute approximate surface area is 124 Å². The molecule has 2 atom stereocenters. The van der Waals surface area contributed by atoms with Crippen LogP contribution in [0.4, 0.5) is 0 Å². The number of rotatable bonds is 5. The minimum atomic E-state index is -3.21. The molecule has 0 aromatic heterocycles. The minimum absolute atomic E-state index is 0.151. The van der Waals surface area contributed by atoms with Gasteiger partial charge in [0.05, 0.1) is 17.2 Å². The first-order chi connectivity index (χ1) is 9.89. The fourth-order valence-electron chi connectivity index (χ4n) is 2.19. The molecule has 6 nitrogen and oxygen atoms in total. The Morgan fingerprint density at radius 3 is 2.52 bits per heavy atom. The van der Waals surface area contributed by atoms with E-state index in [1.165, 1.54) is 0 Å². The van der Waals surface area contributed by atoms with Gasteiger partial charge in [0, 0.05) is 0 Å². The van der Waals surface area contributed by atoms with Gasteiger partial charge in [-0.3, -0.25) is 0 Å². The highest BCUT2D eigenvalue weighted by atomic mass is 32.2. The van der Waals surface area contributed by atoms with Crippen LogP contribution in [-0.2, 0) is 16.3 Å². The molecule has 1 aromatic rings. The Morgan fingerprint density at radius 1 is 1.33 bits per heavy atom. The molecule has 2 N–H and O–H groups in total. The van der Waals surface area contributed by atoms with Crippen molar-refractivity contribution in [3.8, 4) is 5.75 Å². The summed E-state index contributed by atoms with van der Waals surface area (Å²) in [5.74, 6) is 0.143. The maximum absolute atomic E-state index is 11.4. The molecule has 1 fully saturated rings. The summed E-state index contributed by atoms with van der Waals surface area (Å²) in [4.78, 5) is 0. The van der Waals surface area contributed by atoms with E-state index in [4.69, 9.17) is 9.94 Å². The third kappa shape index (κ3) is 4.44. The summed E-state index contributed by atoms with van der Waals surface area (Å²) >= 11 is 0. The molecule has 2 rings (SSSR count). The van der Waals surface area contributed by atoms with Crippen molar-refractivity contribution in [2.24, 2.45) is 5.16 Å². The minimum Gasteiger partial charge on any atom is -0.487 e. The number of aliphatic hydroxyl groups is 1. The highest BCUT2D eigenvalue weighted by molar-refractivity contribution is 7.91. The zero-order valence-electron chi connectivity index (χ0n) is 11.8. The number of nitrogens with zero attached hydrogens (tertiary/aromatic N) is 1. The second kappa shape index (κ2) is 6.44. The molecule has 116 valence electrons. The molecule has 1 aliphatic rings. The molecule has 0 saturated carbocycles. The molecular weight excluding hydrogens is 294 g/mol. The van der Waals surface area contributed by atoms with Crippen LogP contribution in [0.5, 0.6) is 5.75 Å². The molecule has 0 amide bonds. The summed E-state index contributed by atoms with van der Waals surface area (Å²) in [7, 11) is -3.21. The van der Waals surface area contributed by atoms with E-state index < -0.39 is 22.0 Å². The first-order valence-electron chi connectivity index (χ1n) is 6.71. The molecule has 7 heteroatoms. The Morgan fingerprint density at radius 2 is 2.00 bits per heavy atom. The van der Waals surface area contributed by atoms with Crippen molar-refractivity contribution in [3.63, 3.8) is 0 Å². The van der Waals surface area contributed by atoms with Crippen LogP contribution in [0, 0.1) is 0 Å². The smallest absolute Gasteiger partial charge is 0.156 e. The molecule has 0 bridgehead atoms. The van der Waals surface area contributed by atoms with Crippen molar-refractivity contribution in [2.75, 3.05) is 11.5 Å². The maximum atomic E-state index is 11.4. The zero-order chi connectivity index (χ0) is 15.5. The van der Waals surface area contributed by atoms with Crippen molar-refractivity contribution in [1.82, 2.24) is 0 Å². The van der Waals surface area contributed by atoms with Crippen LogP contribution in [0.25, 0.3) is 0 Å². The highest BCUT2D eigenvalue weighted by Crippen LogP contribution is 2.21. The molecule has 0 spiro atoms. The van der Waals surface area contributed by atoms with Gasteiger partial charge in [-0.25, -0.2) is 8.42 Å². The predicted molar refractivity (Wildman–Crippen MR) is 78.7 cm³/mol. The van der Waals surface area contributed by atoms with E-state index in [1.54, 1.807) is 19.1 Å². The fourth-order valence-corrected chi connectivity index (χ4v) is 3.86. The van der Waals surface area contributed by atoms with Gasteiger partial charge >= 0.3 is 0 Å². The van der Waals surface area contributed by atoms with Crippen LogP contribution in [0.3, 0.4) is 0 Å². The van der Waals surface area contributed by atoms with E-state index in [0.717, 1.165) is 12.0 Å². The lowest BCUT2D eigenvalue weighted by Gasteiger charge is -2.15. The molecule has 0 radical (unpaired) electrons. The van der Waals surface area contributed by atoms with E-state index in [1.807, 2.05) is 12.1 Å². The van der Waals surface area contributed by atoms with Gasteiger partial charge in [-0.05, 0) is 37.5 Å². The summed E-state index contributed by atoms with van der Waals surface area (Å²) in [6.07, 6.45) is -0.268. The first kappa shape index (κ1) is 15.8. The van der Waals surface area contributed by atoms with E-state index in [2.05, 4.69) is 5.16 Å². The van der Waals surface area contributed by atoms with E-state index in [-0.39, 0.29) is 11.5 Å². The monoisotopic (exact) mass is 313 g/mol. The second-order valence-electron chi connectivity index (χ2n) is 5.28. The second-order valence-corrected chi connectivity index (χ2v) is 7.43. The average Bonchev–Trinajstić information content (AvgIpc) is 2.70. The third-order valence-corrected chi connectivity index (χ3v) is 5.11. The maximum Gasteiger partial charge on any atom is 0.156 e. The first-order valence-corrected chi connectivity index (χ1v) is 8.53. The van der Waals surface area contributed by atoms with Crippen molar-refractivity contribution < 1.29 is 23.5 Å². The Kier molecular flexibility index (Phi) is 4.84. The van der Waals surface area contributed by atoms with Crippen molar-refractivity contribution in [3.05, 3.63) is 29.8 Å². The average molecular weight is 313 g/mol.